The highest BCUT2D eigenvalue weighted by Crippen LogP contribution is 2.17. The molecule has 0 aliphatic heterocycles. The Bertz CT molecular complexity index is 1700. The summed E-state index contributed by atoms with van der Waals surface area (Å²) in [6.07, 6.45) is 2.60. The van der Waals surface area contributed by atoms with Crippen LogP contribution in [-0.4, -0.2) is 43.2 Å². The highest BCUT2D eigenvalue weighted by atomic mass is 19.1. The number of nitrogens with zero attached hydrogens (tertiary/aromatic N) is 4. The summed E-state index contributed by atoms with van der Waals surface area (Å²) in [6, 6.07) is 10.4. The summed E-state index contributed by atoms with van der Waals surface area (Å²) in [4.78, 5) is 47.7. The lowest BCUT2D eigenvalue weighted by atomic mass is 10.1. The van der Waals surface area contributed by atoms with Gasteiger partial charge in [0.1, 0.15) is 34.1 Å². The molecule has 1 N–H and O–H groups in total. The van der Waals surface area contributed by atoms with Gasteiger partial charge in [-0.2, -0.15) is 10.2 Å². The molecule has 0 amide bonds. The number of esters is 1. The standard InChI is InChI=1S/C16H17FN2O3.C14H13FN2O3/c1-4-22-16(21)13-9-19(10(2)3)18-14(15(13)20)11-5-7-12(17)8-6-11;1-8(2)17-7-11(14(19)20)13(18)12(16-17)9-3-5-10(15)6-4-9/h5-10H,4H2,1-3H3;3-8H,1-2H3,(H,19,20). The van der Waals surface area contributed by atoms with Crippen LogP contribution in [0, 0.1) is 11.6 Å². The van der Waals surface area contributed by atoms with E-state index in [2.05, 4.69) is 10.2 Å². The number of hydrogen-bond acceptors (Lipinski definition) is 7. The van der Waals surface area contributed by atoms with E-state index in [-0.39, 0.29) is 41.2 Å². The number of halogens is 2. The monoisotopic (exact) mass is 580 g/mol. The average molecular weight is 581 g/mol. The van der Waals surface area contributed by atoms with Crippen LogP contribution in [0.5, 0.6) is 0 Å². The van der Waals surface area contributed by atoms with Gasteiger partial charge in [0.2, 0.25) is 10.9 Å². The van der Waals surface area contributed by atoms with Crippen LogP contribution in [0.4, 0.5) is 8.78 Å². The second-order valence-corrected chi connectivity index (χ2v) is 9.63. The highest BCUT2D eigenvalue weighted by Gasteiger charge is 2.20. The Morgan fingerprint density at radius 1 is 0.762 bits per heavy atom. The van der Waals surface area contributed by atoms with Gasteiger partial charge in [-0.05, 0) is 83.1 Å². The summed E-state index contributed by atoms with van der Waals surface area (Å²) >= 11 is 0. The van der Waals surface area contributed by atoms with E-state index in [0.29, 0.717) is 11.1 Å². The first-order chi connectivity index (χ1) is 19.8. The molecule has 0 unspecified atom stereocenters. The third-order valence-electron chi connectivity index (χ3n) is 5.89. The van der Waals surface area contributed by atoms with Gasteiger partial charge in [-0.15, -0.1) is 0 Å². The van der Waals surface area contributed by atoms with Gasteiger partial charge in [0.25, 0.3) is 0 Å². The Morgan fingerprint density at radius 3 is 1.50 bits per heavy atom. The fourth-order valence-corrected chi connectivity index (χ4v) is 3.65. The van der Waals surface area contributed by atoms with Crippen LogP contribution in [0.25, 0.3) is 22.5 Å². The van der Waals surface area contributed by atoms with Crippen molar-refractivity contribution in [2.24, 2.45) is 0 Å². The molecule has 0 aliphatic carbocycles. The molecule has 0 fully saturated rings. The van der Waals surface area contributed by atoms with Gasteiger partial charge in [-0.25, -0.2) is 18.4 Å². The number of carbonyl (C=O) groups excluding carboxylic acids is 1. The molecule has 220 valence electrons. The molecule has 0 spiro atoms. The number of carbonyl (C=O) groups is 2. The zero-order chi connectivity index (χ0) is 31.1. The number of aromatic nitrogens is 4. The normalized spacial score (nSPS) is 10.8. The number of benzene rings is 2. The maximum Gasteiger partial charge on any atom is 0.343 e. The van der Waals surface area contributed by atoms with Crippen molar-refractivity contribution in [3.8, 4) is 22.5 Å². The first-order valence-corrected chi connectivity index (χ1v) is 13.0. The van der Waals surface area contributed by atoms with Crippen LogP contribution >= 0.6 is 0 Å². The summed E-state index contributed by atoms with van der Waals surface area (Å²) in [6.45, 7) is 9.23. The van der Waals surface area contributed by atoms with Gasteiger partial charge in [0.15, 0.2) is 0 Å². The summed E-state index contributed by atoms with van der Waals surface area (Å²) in [7, 11) is 0. The van der Waals surface area contributed by atoms with Crippen molar-refractivity contribution >= 4 is 11.9 Å². The Hall–Kier alpha value is -5.00. The molecular weight excluding hydrogens is 550 g/mol. The van der Waals surface area contributed by atoms with Crippen LogP contribution < -0.4 is 10.9 Å². The Morgan fingerprint density at radius 2 is 1.14 bits per heavy atom. The van der Waals surface area contributed by atoms with Crippen molar-refractivity contribution in [1.82, 2.24) is 19.6 Å². The molecule has 0 atom stereocenters. The van der Waals surface area contributed by atoms with Crippen LogP contribution in [0.3, 0.4) is 0 Å². The zero-order valence-electron chi connectivity index (χ0n) is 23.7. The topological polar surface area (TPSA) is 133 Å². The van der Waals surface area contributed by atoms with Crippen molar-refractivity contribution < 1.29 is 28.2 Å². The molecule has 42 heavy (non-hydrogen) atoms. The number of hydrogen-bond donors (Lipinski definition) is 1. The highest BCUT2D eigenvalue weighted by molar-refractivity contribution is 5.90. The second kappa shape index (κ2) is 13.6. The molecule has 4 aromatic rings. The smallest absolute Gasteiger partial charge is 0.343 e. The number of carboxylic acid groups (broad SMARTS) is 1. The third-order valence-corrected chi connectivity index (χ3v) is 5.89. The van der Waals surface area contributed by atoms with E-state index in [1.807, 2.05) is 27.7 Å². The molecule has 2 aromatic heterocycles. The minimum atomic E-state index is -1.31. The van der Waals surface area contributed by atoms with Crippen LogP contribution in [0.1, 0.15) is 67.4 Å². The fraction of sp³-hybridized carbons (Fsp3) is 0.267. The average Bonchev–Trinajstić information content (AvgIpc) is 2.94. The summed E-state index contributed by atoms with van der Waals surface area (Å²) < 4.78 is 33.8. The Kier molecular flexibility index (Phi) is 10.2. The quantitative estimate of drug-likeness (QED) is 0.297. The van der Waals surface area contributed by atoms with Crippen molar-refractivity contribution in [2.45, 2.75) is 46.7 Å². The van der Waals surface area contributed by atoms with Gasteiger partial charge < -0.3 is 9.84 Å². The molecule has 0 saturated carbocycles. The minimum absolute atomic E-state index is 0.00130. The van der Waals surface area contributed by atoms with E-state index in [1.165, 1.54) is 70.3 Å². The maximum atomic E-state index is 13.0. The van der Waals surface area contributed by atoms with Crippen molar-refractivity contribution in [3.63, 3.8) is 0 Å². The van der Waals surface area contributed by atoms with Crippen LogP contribution in [-0.2, 0) is 4.74 Å². The SMILES string of the molecule is CC(C)n1cc(C(=O)O)c(=O)c(-c2ccc(F)cc2)n1.CCOC(=O)c1cn(C(C)C)nc(-c2ccc(F)cc2)c1=O. The van der Waals surface area contributed by atoms with Gasteiger partial charge in [-0.1, -0.05) is 0 Å². The Balaban J connectivity index is 0.000000231. The van der Waals surface area contributed by atoms with Gasteiger partial charge in [-0.3, -0.25) is 19.0 Å². The number of rotatable bonds is 7. The molecule has 2 heterocycles. The zero-order valence-corrected chi connectivity index (χ0v) is 23.7. The molecule has 10 nitrogen and oxygen atoms in total. The first-order valence-electron chi connectivity index (χ1n) is 13.0. The van der Waals surface area contributed by atoms with Crippen LogP contribution in [0.2, 0.25) is 0 Å². The first kappa shape index (κ1) is 31.5. The number of ether oxygens (including phenoxy) is 1. The van der Waals surface area contributed by atoms with Crippen molar-refractivity contribution in [2.75, 3.05) is 6.61 Å². The maximum absolute atomic E-state index is 13.0. The number of aromatic carboxylic acids is 1. The largest absolute Gasteiger partial charge is 0.477 e. The summed E-state index contributed by atoms with van der Waals surface area (Å²) in [5, 5.41) is 17.5. The molecule has 4 rings (SSSR count). The predicted molar refractivity (Wildman–Crippen MR) is 151 cm³/mol. The lowest BCUT2D eigenvalue weighted by Gasteiger charge is -2.13. The predicted octanol–water partition coefficient (Wildman–Crippen LogP) is 5.14. The lowest BCUT2D eigenvalue weighted by Crippen LogP contribution is -2.24. The van der Waals surface area contributed by atoms with E-state index in [4.69, 9.17) is 9.84 Å². The van der Waals surface area contributed by atoms with E-state index >= 15 is 0 Å². The van der Waals surface area contributed by atoms with Gasteiger partial charge in [0.05, 0.1) is 6.61 Å². The van der Waals surface area contributed by atoms with Gasteiger partial charge in [0, 0.05) is 35.6 Å². The lowest BCUT2D eigenvalue weighted by molar-refractivity contribution is 0.0522. The van der Waals surface area contributed by atoms with Crippen molar-refractivity contribution in [3.05, 3.63) is 104 Å². The Labute approximate surface area is 239 Å². The van der Waals surface area contributed by atoms with Gasteiger partial charge >= 0.3 is 11.9 Å². The van der Waals surface area contributed by atoms with Crippen molar-refractivity contribution in [1.29, 1.82) is 0 Å². The van der Waals surface area contributed by atoms with E-state index in [0.717, 1.165) is 0 Å². The summed E-state index contributed by atoms with van der Waals surface area (Å²) in [5.74, 6) is -2.84. The van der Waals surface area contributed by atoms with Crippen LogP contribution in [0.15, 0.2) is 70.5 Å². The third kappa shape index (κ3) is 7.39. The second-order valence-electron chi connectivity index (χ2n) is 9.63. The molecule has 12 heteroatoms. The summed E-state index contributed by atoms with van der Waals surface area (Å²) in [5.41, 5.74) is -0.709. The molecular formula is C30H30F2N4O6. The number of carboxylic acids is 1. The van der Waals surface area contributed by atoms with E-state index in [9.17, 15) is 28.0 Å². The molecule has 0 radical (unpaired) electrons. The minimum Gasteiger partial charge on any atom is -0.477 e. The van der Waals surface area contributed by atoms with E-state index in [1.54, 1.807) is 6.92 Å². The molecule has 0 aliphatic rings. The molecule has 2 aromatic carbocycles. The van der Waals surface area contributed by atoms with E-state index < -0.39 is 34.4 Å². The fourth-order valence-electron chi connectivity index (χ4n) is 3.65. The molecule has 0 bridgehead atoms. The molecule has 0 saturated heterocycles.